The van der Waals surface area contributed by atoms with Gasteiger partial charge < -0.3 is 4.90 Å². The SMILES string of the molecule is CC(C)N1CCN(CCCCCCl)CC1. The van der Waals surface area contributed by atoms with Gasteiger partial charge in [0.1, 0.15) is 0 Å². The van der Waals surface area contributed by atoms with E-state index in [4.69, 9.17) is 11.6 Å². The fraction of sp³-hybridized carbons (Fsp3) is 1.00. The topological polar surface area (TPSA) is 6.48 Å². The fourth-order valence-corrected chi connectivity index (χ4v) is 2.30. The Morgan fingerprint density at radius 2 is 1.67 bits per heavy atom. The van der Waals surface area contributed by atoms with Gasteiger partial charge in [-0.15, -0.1) is 11.6 Å². The second-order valence-electron chi connectivity index (χ2n) is 4.72. The first-order chi connectivity index (χ1) is 7.24. The Morgan fingerprint density at radius 3 is 2.20 bits per heavy atom. The summed E-state index contributed by atoms with van der Waals surface area (Å²) >= 11 is 5.66. The summed E-state index contributed by atoms with van der Waals surface area (Å²) in [5.74, 6) is 0.821. The van der Waals surface area contributed by atoms with Crippen LogP contribution in [0, 0.1) is 0 Å². The first-order valence-electron chi connectivity index (χ1n) is 6.26. The lowest BCUT2D eigenvalue weighted by molar-refractivity contribution is 0.107. The highest BCUT2D eigenvalue weighted by Gasteiger charge is 2.17. The minimum absolute atomic E-state index is 0.711. The highest BCUT2D eigenvalue weighted by atomic mass is 35.5. The summed E-state index contributed by atoms with van der Waals surface area (Å²) in [5.41, 5.74) is 0. The van der Waals surface area contributed by atoms with E-state index in [2.05, 4.69) is 23.6 Å². The number of hydrogen-bond acceptors (Lipinski definition) is 2. The van der Waals surface area contributed by atoms with E-state index in [0.29, 0.717) is 6.04 Å². The largest absolute Gasteiger partial charge is 0.301 e. The van der Waals surface area contributed by atoms with E-state index >= 15 is 0 Å². The monoisotopic (exact) mass is 232 g/mol. The molecule has 0 amide bonds. The second-order valence-corrected chi connectivity index (χ2v) is 5.10. The normalized spacial score (nSPS) is 20.0. The van der Waals surface area contributed by atoms with Crippen LogP contribution in [-0.2, 0) is 0 Å². The van der Waals surface area contributed by atoms with Gasteiger partial charge in [-0.3, -0.25) is 4.90 Å². The molecule has 15 heavy (non-hydrogen) atoms. The third-order valence-corrected chi connectivity index (χ3v) is 3.51. The summed E-state index contributed by atoms with van der Waals surface area (Å²) in [7, 11) is 0. The van der Waals surface area contributed by atoms with Gasteiger partial charge in [-0.1, -0.05) is 6.42 Å². The van der Waals surface area contributed by atoms with Crippen LogP contribution in [0.4, 0.5) is 0 Å². The van der Waals surface area contributed by atoms with Gasteiger partial charge >= 0.3 is 0 Å². The zero-order valence-electron chi connectivity index (χ0n) is 10.2. The summed E-state index contributed by atoms with van der Waals surface area (Å²) in [4.78, 5) is 5.16. The van der Waals surface area contributed by atoms with Gasteiger partial charge in [0.25, 0.3) is 0 Å². The number of nitrogens with zero attached hydrogens (tertiary/aromatic N) is 2. The minimum atomic E-state index is 0.711. The molecule has 1 fully saturated rings. The smallest absolute Gasteiger partial charge is 0.0223 e. The number of alkyl halides is 1. The van der Waals surface area contributed by atoms with Gasteiger partial charge in [-0.05, 0) is 33.2 Å². The van der Waals surface area contributed by atoms with Crippen molar-refractivity contribution in [3.63, 3.8) is 0 Å². The number of piperazine rings is 1. The van der Waals surface area contributed by atoms with E-state index in [-0.39, 0.29) is 0 Å². The van der Waals surface area contributed by atoms with E-state index in [9.17, 15) is 0 Å². The van der Waals surface area contributed by atoms with Crippen LogP contribution in [0.2, 0.25) is 0 Å². The molecule has 0 unspecified atom stereocenters. The summed E-state index contributed by atoms with van der Waals surface area (Å²) < 4.78 is 0. The molecular weight excluding hydrogens is 208 g/mol. The third-order valence-electron chi connectivity index (χ3n) is 3.25. The van der Waals surface area contributed by atoms with E-state index < -0.39 is 0 Å². The Labute approximate surface area is 99.6 Å². The van der Waals surface area contributed by atoms with Crippen LogP contribution < -0.4 is 0 Å². The van der Waals surface area contributed by atoms with Crippen LogP contribution in [0.5, 0.6) is 0 Å². The Hall–Kier alpha value is 0.210. The standard InChI is InChI=1S/C12H25ClN2/c1-12(2)15-10-8-14(9-11-15)7-5-3-4-6-13/h12H,3-11H2,1-2H3. The summed E-state index contributed by atoms with van der Waals surface area (Å²) in [5, 5.41) is 0. The average Bonchev–Trinajstić information content (AvgIpc) is 2.25. The molecular formula is C12H25ClN2. The Bertz CT molecular complexity index is 154. The van der Waals surface area contributed by atoms with E-state index in [1.807, 2.05) is 0 Å². The van der Waals surface area contributed by atoms with Crippen molar-refractivity contribution < 1.29 is 0 Å². The van der Waals surface area contributed by atoms with Gasteiger partial charge in [0.15, 0.2) is 0 Å². The quantitative estimate of drug-likeness (QED) is 0.513. The molecule has 0 aromatic rings. The molecule has 2 nitrogen and oxygen atoms in total. The zero-order valence-corrected chi connectivity index (χ0v) is 11.0. The molecule has 1 rings (SSSR count). The van der Waals surface area contributed by atoms with Gasteiger partial charge in [-0.25, -0.2) is 0 Å². The molecule has 1 aliphatic heterocycles. The van der Waals surface area contributed by atoms with E-state index in [1.54, 1.807) is 0 Å². The van der Waals surface area contributed by atoms with Crippen molar-refractivity contribution in [1.82, 2.24) is 9.80 Å². The molecule has 3 heteroatoms. The predicted octanol–water partition coefficient (Wildman–Crippen LogP) is 2.42. The fourth-order valence-electron chi connectivity index (χ4n) is 2.11. The van der Waals surface area contributed by atoms with Gasteiger partial charge in [0.2, 0.25) is 0 Å². The van der Waals surface area contributed by atoms with Crippen molar-refractivity contribution in [3.8, 4) is 0 Å². The Morgan fingerprint density at radius 1 is 1.00 bits per heavy atom. The van der Waals surface area contributed by atoms with Crippen LogP contribution in [0.15, 0.2) is 0 Å². The van der Waals surface area contributed by atoms with Crippen LogP contribution in [0.1, 0.15) is 33.1 Å². The minimum Gasteiger partial charge on any atom is -0.301 e. The van der Waals surface area contributed by atoms with Crippen molar-refractivity contribution in [1.29, 1.82) is 0 Å². The van der Waals surface area contributed by atoms with E-state index in [1.165, 1.54) is 52.0 Å². The lowest BCUT2D eigenvalue weighted by atomic mass is 10.2. The van der Waals surface area contributed by atoms with Crippen LogP contribution in [0.25, 0.3) is 0 Å². The molecule has 0 spiro atoms. The molecule has 0 bridgehead atoms. The third kappa shape index (κ3) is 5.19. The van der Waals surface area contributed by atoms with Crippen molar-refractivity contribution in [2.75, 3.05) is 38.6 Å². The summed E-state index contributed by atoms with van der Waals surface area (Å²) in [6.07, 6.45) is 3.77. The number of hydrogen-bond donors (Lipinski definition) is 0. The molecule has 0 saturated carbocycles. The Kier molecular flexibility index (Phi) is 6.62. The van der Waals surface area contributed by atoms with E-state index in [0.717, 1.165) is 5.88 Å². The summed E-state index contributed by atoms with van der Waals surface area (Å²) in [6, 6.07) is 0.711. The number of rotatable bonds is 6. The van der Waals surface area contributed by atoms with Crippen molar-refractivity contribution in [2.45, 2.75) is 39.2 Å². The van der Waals surface area contributed by atoms with Crippen LogP contribution >= 0.6 is 11.6 Å². The maximum Gasteiger partial charge on any atom is 0.0223 e. The molecule has 90 valence electrons. The van der Waals surface area contributed by atoms with Crippen LogP contribution in [0.3, 0.4) is 0 Å². The average molecular weight is 233 g/mol. The predicted molar refractivity (Wildman–Crippen MR) is 67.7 cm³/mol. The Balaban J connectivity index is 2.04. The molecule has 1 heterocycles. The first-order valence-corrected chi connectivity index (χ1v) is 6.80. The van der Waals surface area contributed by atoms with Gasteiger partial charge in [0.05, 0.1) is 0 Å². The number of unbranched alkanes of at least 4 members (excludes halogenated alkanes) is 2. The van der Waals surface area contributed by atoms with Crippen molar-refractivity contribution >= 4 is 11.6 Å². The molecule has 0 radical (unpaired) electrons. The lowest BCUT2D eigenvalue weighted by Crippen LogP contribution is -2.48. The molecule has 0 N–H and O–H groups in total. The molecule has 1 aliphatic rings. The maximum absolute atomic E-state index is 5.66. The molecule has 0 atom stereocenters. The van der Waals surface area contributed by atoms with Crippen LogP contribution in [-0.4, -0.2) is 54.4 Å². The molecule has 0 aromatic carbocycles. The summed E-state index contributed by atoms with van der Waals surface area (Å²) in [6.45, 7) is 10.8. The molecule has 0 aromatic heterocycles. The molecule has 0 aliphatic carbocycles. The van der Waals surface area contributed by atoms with Gasteiger partial charge in [-0.2, -0.15) is 0 Å². The molecule has 1 saturated heterocycles. The highest BCUT2D eigenvalue weighted by molar-refractivity contribution is 6.17. The highest BCUT2D eigenvalue weighted by Crippen LogP contribution is 2.07. The second kappa shape index (κ2) is 7.48. The van der Waals surface area contributed by atoms with Crippen molar-refractivity contribution in [2.24, 2.45) is 0 Å². The zero-order chi connectivity index (χ0) is 11.1. The first kappa shape index (κ1) is 13.3. The number of halogens is 1. The maximum atomic E-state index is 5.66. The van der Waals surface area contributed by atoms with Gasteiger partial charge in [0, 0.05) is 38.1 Å². The van der Waals surface area contributed by atoms with Crippen molar-refractivity contribution in [3.05, 3.63) is 0 Å². The lowest BCUT2D eigenvalue weighted by Gasteiger charge is -2.36.